The third-order valence-corrected chi connectivity index (χ3v) is 4.54. The van der Waals surface area contributed by atoms with Gasteiger partial charge in [-0.2, -0.15) is 5.26 Å². The molecule has 0 amide bonds. The molecule has 1 aromatic heterocycles. The second-order valence-electron chi connectivity index (χ2n) is 4.23. The number of aromatic amines is 1. The van der Waals surface area contributed by atoms with Crippen LogP contribution in [0.25, 0.3) is 0 Å². The van der Waals surface area contributed by atoms with E-state index in [1.807, 2.05) is 6.07 Å². The molecule has 21 heavy (non-hydrogen) atoms. The van der Waals surface area contributed by atoms with Gasteiger partial charge in [0, 0.05) is 18.8 Å². The standard InChI is InChI=1S/C13H11N3O4S/c14-9-10-2-1-3-11(8-10)21(19,20)7-6-16-12(17)4-5-15-13(16)18/h1-5,8H,6-7H2,(H,15,18). The van der Waals surface area contributed by atoms with E-state index in [0.29, 0.717) is 0 Å². The van der Waals surface area contributed by atoms with Crippen LogP contribution in [-0.4, -0.2) is 23.7 Å². The Morgan fingerprint density at radius 2 is 2.00 bits per heavy atom. The molecule has 0 spiro atoms. The maximum atomic E-state index is 12.2. The summed E-state index contributed by atoms with van der Waals surface area (Å²) in [6, 6.07) is 8.58. The number of benzene rings is 1. The molecule has 0 aliphatic carbocycles. The third kappa shape index (κ3) is 3.27. The first kappa shape index (κ1) is 14.7. The van der Waals surface area contributed by atoms with Crippen molar-refractivity contribution in [3.05, 3.63) is 62.9 Å². The van der Waals surface area contributed by atoms with Crippen molar-refractivity contribution in [1.29, 1.82) is 5.26 Å². The Morgan fingerprint density at radius 1 is 1.24 bits per heavy atom. The Labute approximate surface area is 120 Å². The fourth-order valence-electron chi connectivity index (χ4n) is 1.75. The number of nitrogens with zero attached hydrogens (tertiary/aromatic N) is 2. The van der Waals surface area contributed by atoms with Crippen LogP contribution in [0.5, 0.6) is 0 Å². The summed E-state index contributed by atoms with van der Waals surface area (Å²) in [5, 5.41) is 8.77. The van der Waals surface area contributed by atoms with Crippen LogP contribution in [0.15, 0.2) is 51.0 Å². The van der Waals surface area contributed by atoms with Crippen molar-refractivity contribution in [2.75, 3.05) is 5.75 Å². The van der Waals surface area contributed by atoms with E-state index in [-0.39, 0.29) is 17.0 Å². The molecule has 2 aromatic rings. The molecule has 0 saturated heterocycles. The Morgan fingerprint density at radius 3 is 2.67 bits per heavy atom. The Hall–Kier alpha value is -2.66. The molecule has 0 aliphatic heterocycles. The summed E-state index contributed by atoms with van der Waals surface area (Å²) in [6.45, 7) is -0.256. The van der Waals surface area contributed by atoms with Gasteiger partial charge in [0.05, 0.1) is 22.3 Å². The summed E-state index contributed by atoms with van der Waals surface area (Å²) in [6.07, 6.45) is 1.20. The molecule has 2 rings (SSSR count). The lowest BCUT2D eigenvalue weighted by molar-refractivity contribution is 0.583. The third-order valence-electron chi connectivity index (χ3n) is 2.85. The average molecular weight is 305 g/mol. The van der Waals surface area contributed by atoms with Gasteiger partial charge in [0.2, 0.25) is 0 Å². The zero-order chi connectivity index (χ0) is 15.5. The van der Waals surface area contributed by atoms with Crippen LogP contribution in [0.1, 0.15) is 5.56 Å². The predicted octanol–water partition coefficient (Wildman–Crippen LogP) is -0.118. The van der Waals surface area contributed by atoms with Crippen LogP contribution in [0.4, 0.5) is 0 Å². The first-order chi connectivity index (χ1) is 9.94. The first-order valence-corrected chi connectivity index (χ1v) is 7.61. The highest BCUT2D eigenvalue weighted by atomic mass is 32.2. The van der Waals surface area contributed by atoms with Crippen LogP contribution in [0.2, 0.25) is 0 Å². The van der Waals surface area contributed by atoms with Crippen LogP contribution in [0, 0.1) is 11.3 Å². The fourth-order valence-corrected chi connectivity index (χ4v) is 3.00. The highest BCUT2D eigenvalue weighted by Gasteiger charge is 2.16. The van der Waals surface area contributed by atoms with Crippen molar-refractivity contribution in [2.45, 2.75) is 11.4 Å². The van der Waals surface area contributed by atoms with Crippen molar-refractivity contribution < 1.29 is 8.42 Å². The molecule has 0 aliphatic rings. The summed E-state index contributed by atoms with van der Waals surface area (Å²) in [5.74, 6) is -0.408. The molecule has 0 unspecified atom stereocenters. The van der Waals surface area contributed by atoms with Gasteiger partial charge in [-0.3, -0.25) is 9.36 Å². The zero-order valence-corrected chi connectivity index (χ0v) is 11.6. The lowest BCUT2D eigenvalue weighted by Gasteiger charge is -2.06. The molecule has 0 radical (unpaired) electrons. The van der Waals surface area contributed by atoms with E-state index in [1.165, 1.54) is 30.5 Å². The smallest absolute Gasteiger partial charge is 0.314 e. The van der Waals surface area contributed by atoms with E-state index < -0.39 is 26.8 Å². The van der Waals surface area contributed by atoms with Gasteiger partial charge in [-0.25, -0.2) is 13.2 Å². The van der Waals surface area contributed by atoms with Gasteiger partial charge in [-0.05, 0) is 18.2 Å². The molecular weight excluding hydrogens is 294 g/mol. The van der Waals surface area contributed by atoms with Crippen molar-refractivity contribution in [3.8, 4) is 6.07 Å². The normalized spacial score (nSPS) is 11.0. The van der Waals surface area contributed by atoms with Gasteiger partial charge in [0.15, 0.2) is 9.84 Å². The number of H-pyrrole nitrogens is 1. The molecule has 7 nitrogen and oxygen atoms in total. The van der Waals surface area contributed by atoms with Crippen molar-refractivity contribution >= 4 is 9.84 Å². The highest BCUT2D eigenvalue weighted by molar-refractivity contribution is 7.91. The second kappa shape index (κ2) is 5.76. The molecule has 0 atom stereocenters. The summed E-state index contributed by atoms with van der Waals surface area (Å²) in [7, 11) is -3.69. The summed E-state index contributed by atoms with van der Waals surface area (Å²) in [4.78, 5) is 25.3. The number of sulfone groups is 1. The largest absolute Gasteiger partial charge is 0.328 e. The van der Waals surface area contributed by atoms with E-state index in [1.54, 1.807) is 0 Å². The van der Waals surface area contributed by atoms with Gasteiger partial charge >= 0.3 is 5.69 Å². The fraction of sp³-hybridized carbons (Fsp3) is 0.154. The second-order valence-corrected chi connectivity index (χ2v) is 6.34. The number of aromatic nitrogens is 2. The Kier molecular flexibility index (Phi) is 4.05. The van der Waals surface area contributed by atoms with Gasteiger partial charge in [-0.1, -0.05) is 6.07 Å². The summed E-state index contributed by atoms with van der Waals surface area (Å²) in [5.41, 5.74) is -1.01. The maximum absolute atomic E-state index is 12.2. The number of rotatable bonds is 4. The molecule has 1 aromatic carbocycles. The van der Waals surface area contributed by atoms with Gasteiger partial charge in [0.1, 0.15) is 0 Å². The highest BCUT2D eigenvalue weighted by Crippen LogP contribution is 2.13. The molecular formula is C13H11N3O4S. The van der Waals surface area contributed by atoms with E-state index in [2.05, 4.69) is 4.98 Å². The van der Waals surface area contributed by atoms with E-state index in [0.717, 1.165) is 10.6 Å². The number of hydrogen-bond donors (Lipinski definition) is 1. The average Bonchev–Trinajstić information content (AvgIpc) is 2.47. The van der Waals surface area contributed by atoms with Crippen molar-refractivity contribution in [3.63, 3.8) is 0 Å². The van der Waals surface area contributed by atoms with Crippen LogP contribution in [-0.2, 0) is 16.4 Å². The van der Waals surface area contributed by atoms with E-state index in [4.69, 9.17) is 5.26 Å². The lowest BCUT2D eigenvalue weighted by atomic mass is 10.2. The minimum Gasteiger partial charge on any atom is -0.314 e. The van der Waals surface area contributed by atoms with Crippen molar-refractivity contribution in [2.24, 2.45) is 0 Å². The molecule has 1 heterocycles. The topological polar surface area (TPSA) is 113 Å². The number of hydrogen-bond acceptors (Lipinski definition) is 5. The Balaban J connectivity index is 2.29. The van der Waals surface area contributed by atoms with Gasteiger partial charge in [0.25, 0.3) is 5.56 Å². The summed E-state index contributed by atoms with van der Waals surface area (Å²) >= 11 is 0. The maximum Gasteiger partial charge on any atom is 0.328 e. The minimum atomic E-state index is -3.69. The number of nitrogens with one attached hydrogen (secondary N) is 1. The van der Waals surface area contributed by atoms with E-state index in [9.17, 15) is 18.0 Å². The first-order valence-electron chi connectivity index (χ1n) is 5.95. The molecule has 108 valence electrons. The quantitative estimate of drug-likeness (QED) is 0.846. The molecule has 0 fully saturated rings. The SMILES string of the molecule is N#Cc1cccc(S(=O)(=O)CCn2c(=O)cc[nH]c2=O)c1. The van der Waals surface area contributed by atoms with Crippen LogP contribution in [0.3, 0.4) is 0 Å². The summed E-state index contributed by atoms with van der Waals surface area (Å²) < 4.78 is 25.1. The van der Waals surface area contributed by atoms with Crippen LogP contribution < -0.4 is 11.2 Å². The van der Waals surface area contributed by atoms with Gasteiger partial charge in [-0.15, -0.1) is 0 Å². The van der Waals surface area contributed by atoms with Crippen molar-refractivity contribution in [1.82, 2.24) is 9.55 Å². The van der Waals surface area contributed by atoms with E-state index >= 15 is 0 Å². The van der Waals surface area contributed by atoms with Gasteiger partial charge < -0.3 is 4.98 Å². The predicted molar refractivity (Wildman–Crippen MR) is 74.5 cm³/mol. The monoisotopic (exact) mass is 305 g/mol. The Bertz CT molecular complexity index is 891. The minimum absolute atomic E-state index is 0.0121. The number of nitriles is 1. The molecule has 0 bridgehead atoms. The van der Waals surface area contributed by atoms with Crippen LogP contribution >= 0.6 is 0 Å². The lowest BCUT2D eigenvalue weighted by Crippen LogP contribution is -2.35. The zero-order valence-electron chi connectivity index (χ0n) is 10.8. The molecule has 8 heteroatoms. The molecule has 0 saturated carbocycles. The molecule has 1 N–H and O–H groups in total.